The predicted molar refractivity (Wildman–Crippen MR) is 88.2 cm³/mol. The van der Waals surface area contributed by atoms with Gasteiger partial charge in [0.1, 0.15) is 5.82 Å². The smallest absolute Gasteiger partial charge is 0.174 e. The Morgan fingerprint density at radius 1 is 1.19 bits per heavy atom. The first-order valence-electron chi connectivity index (χ1n) is 6.92. The van der Waals surface area contributed by atoms with Gasteiger partial charge in [0, 0.05) is 23.9 Å². The monoisotopic (exact) mass is 296 g/mol. The highest BCUT2D eigenvalue weighted by Crippen LogP contribution is 2.31. The van der Waals surface area contributed by atoms with Gasteiger partial charge in [-0.1, -0.05) is 24.3 Å². The van der Waals surface area contributed by atoms with Gasteiger partial charge in [0.25, 0.3) is 0 Å². The highest BCUT2D eigenvalue weighted by molar-refractivity contribution is 7.21. The molecule has 2 heterocycles. The molecule has 0 unspecified atom stereocenters. The molecule has 0 bridgehead atoms. The number of ketones is 1. The van der Waals surface area contributed by atoms with Crippen molar-refractivity contribution < 1.29 is 4.79 Å². The van der Waals surface area contributed by atoms with Gasteiger partial charge < -0.3 is 5.32 Å². The summed E-state index contributed by atoms with van der Waals surface area (Å²) in [4.78, 5) is 17.4. The van der Waals surface area contributed by atoms with E-state index in [0.29, 0.717) is 13.0 Å². The third kappa shape index (κ3) is 2.95. The number of nitrogens with zero attached hydrogens (tertiary/aromatic N) is 1. The van der Waals surface area contributed by atoms with E-state index in [1.54, 1.807) is 17.5 Å². The number of Topliss-reactive ketones (excluding diaryl/α,β-unsaturated/α-hetero) is 1. The van der Waals surface area contributed by atoms with E-state index in [1.165, 1.54) is 10.1 Å². The van der Waals surface area contributed by atoms with E-state index in [1.807, 2.05) is 37.3 Å². The molecule has 1 aromatic carbocycles. The molecule has 0 saturated carbocycles. The molecule has 0 amide bonds. The number of pyridine rings is 1. The van der Waals surface area contributed by atoms with Gasteiger partial charge in [-0.15, -0.1) is 11.3 Å². The Morgan fingerprint density at radius 3 is 2.76 bits per heavy atom. The van der Waals surface area contributed by atoms with E-state index in [4.69, 9.17) is 0 Å². The summed E-state index contributed by atoms with van der Waals surface area (Å²) in [7, 11) is 0. The fraction of sp³-hybridized carbons (Fsp3) is 0.176. The Bertz CT molecular complexity index is 765. The molecule has 3 rings (SSSR count). The Morgan fingerprint density at radius 2 is 2.00 bits per heavy atom. The van der Waals surface area contributed by atoms with Gasteiger partial charge in [0.2, 0.25) is 0 Å². The van der Waals surface area contributed by atoms with E-state index >= 15 is 0 Å². The zero-order valence-electron chi connectivity index (χ0n) is 11.8. The van der Waals surface area contributed by atoms with Crippen molar-refractivity contribution in [1.82, 2.24) is 4.98 Å². The molecule has 106 valence electrons. The summed E-state index contributed by atoms with van der Waals surface area (Å²) in [5, 5.41) is 4.36. The zero-order valence-corrected chi connectivity index (χ0v) is 12.6. The fourth-order valence-electron chi connectivity index (χ4n) is 2.33. The first-order chi connectivity index (χ1) is 10.3. The molecule has 0 radical (unpaired) electrons. The average molecular weight is 296 g/mol. The van der Waals surface area contributed by atoms with Crippen molar-refractivity contribution in [3.05, 3.63) is 59.1 Å². The second-order valence-electron chi connectivity index (χ2n) is 4.87. The van der Waals surface area contributed by atoms with Crippen molar-refractivity contribution in [2.24, 2.45) is 0 Å². The zero-order chi connectivity index (χ0) is 14.7. The number of benzene rings is 1. The summed E-state index contributed by atoms with van der Waals surface area (Å²) in [5.74, 6) is 0.996. The second kappa shape index (κ2) is 6.06. The molecule has 4 heteroatoms. The normalized spacial score (nSPS) is 10.7. The van der Waals surface area contributed by atoms with Gasteiger partial charge in [-0.25, -0.2) is 4.98 Å². The molecule has 21 heavy (non-hydrogen) atoms. The fourth-order valence-corrected chi connectivity index (χ4v) is 3.50. The van der Waals surface area contributed by atoms with Gasteiger partial charge in [0.15, 0.2) is 5.78 Å². The molecular weight excluding hydrogens is 280 g/mol. The lowest BCUT2D eigenvalue weighted by Crippen LogP contribution is -2.09. The summed E-state index contributed by atoms with van der Waals surface area (Å²) < 4.78 is 1.18. The standard InChI is InChI=1S/C17H16N2OS/c1-12-13-6-2-3-7-15(13)21-17(12)14(20)9-11-19-16-8-4-5-10-18-16/h2-8,10H,9,11H2,1H3,(H,18,19). The molecular formula is C17H16N2OS. The summed E-state index contributed by atoms with van der Waals surface area (Å²) in [6.07, 6.45) is 2.21. The van der Waals surface area contributed by atoms with Crippen molar-refractivity contribution in [2.75, 3.05) is 11.9 Å². The van der Waals surface area contributed by atoms with Crippen LogP contribution in [0.25, 0.3) is 10.1 Å². The first-order valence-corrected chi connectivity index (χ1v) is 7.73. The summed E-state index contributed by atoms with van der Waals surface area (Å²) in [6.45, 7) is 2.63. The van der Waals surface area contributed by atoms with Crippen LogP contribution in [0.3, 0.4) is 0 Å². The number of carbonyl (C=O) groups is 1. The second-order valence-corrected chi connectivity index (χ2v) is 5.92. The lowest BCUT2D eigenvalue weighted by Gasteiger charge is -2.04. The maximum absolute atomic E-state index is 12.4. The van der Waals surface area contributed by atoms with Crippen molar-refractivity contribution in [1.29, 1.82) is 0 Å². The summed E-state index contributed by atoms with van der Waals surface area (Å²) in [6, 6.07) is 13.9. The minimum atomic E-state index is 0.192. The maximum Gasteiger partial charge on any atom is 0.174 e. The van der Waals surface area contributed by atoms with E-state index in [9.17, 15) is 4.79 Å². The van der Waals surface area contributed by atoms with E-state index in [0.717, 1.165) is 16.3 Å². The van der Waals surface area contributed by atoms with Gasteiger partial charge >= 0.3 is 0 Å². The topological polar surface area (TPSA) is 42.0 Å². The largest absolute Gasteiger partial charge is 0.370 e. The maximum atomic E-state index is 12.4. The van der Waals surface area contributed by atoms with E-state index in [2.05, 4.69) is 22.4 Å². The van der Waals surface area contributed by atoms with E-state index < -0.39 is 0 Å². The number of aryl methyl sites for hydroxylation is 1. The van der Waals surface area contributed by atoms with Crippen LogP contribution in [0.1, 0.15) is 21.7 Å². The van der Waals surface area contributed by atoms with Crippen LogP contribution >= 0.6 is 11.3 Å². The van der Waals surface area contributed by atoms with Crippen LogP contribution in [0.15, 0.2) is 48.7 Å². The summed E-state index contributed by atoms with van der Waals surface area (Å²) >= 11 is 1.59. The Kier molecular flexibility index (Phi) is 3.97. The van der Waals surface area contributed by atoms with Gasteiger partial charge in [0.05, 0.1) is 4.88 Å². The number of hydrogen-bond acceptors (Lipinski definition) is 4. The molecule has 0 aliphatic carbocycles. The minimum Gasteiger partial charge on any atom is -0.370 e. The van der Waals surface area contributed by atoms with E-state index in [-0.39, 0.29) is 5.78 Å². The molecule has 0 spiro atoms. The van der Waals surface area contributed by atoms with Gasteiger partial charge in [-0.05, 0) is 36.1 Å². The van der Waals surface area contributed by atoms with Crippen molar-refractivity contribution in [3.63, 3.8) is 0 Å². The number of carbonyl (C=O) groups excluding carboxylic acids is 1. The molecule has 0 aliphatic heterocycles. The number of rotatable bonds is 5. The van der Waals surface area contributed by atoms with Gasteiger partial charge in [-0.2, -0.15) is 0 Å². The highest BCUT2D eigenvalue weighted by atomic mass is 32.1. The van der Waals surface area contributed by atoms with Crippen LogP contribution in [0.5, 0.6) is 0 Å². The highest BCUT2D eigenvalue weighted by Gasteiger charge is 2.14. The number of thiophene rings is 1. The molecule has 2 aromatic heterocycles. The average Bonchev–Trinajstić information content (AvgIpc) is 2.86. The molecule has 3 nitrogen and oxygen atoms in total. The van der Waals surface area contributed by atoms with Crippen molar-refractivity contribution in [3.8, 4) is 0 Å². The van der Waals surface area contributed by atoms with Crippen LogP contribution in [0, 0.1) is 6.92 Å². The molecule has 0 saturated heterocycles. The Balaban J connectivity index is 1.68. The molecule has 0 fully saturated rings. The number of fused-ring (bicyclic) bond motifs is 1. The van der Waals surface area contributed by atoms with Crippen LogP contribution in [0.2, 0.25) is 0 Å². The van der Waals surface area contributed by atoms with Crippen molar-refractivity contribution in [2.45, 2.75) is 13.3 Å². The summed E-state index contributed by atoms with van der Waals surface area (Å²) in [5.41, 5.74) is 1.10. The molecule has 0 atom stereocenters. The van der Waals surface area contributed by atoms with Crippen molar-refractivity contribution >= 4 is 33.0 Å². The molecule has 3 aromatic rings. The molecule has 0 aliphatic rings. The Hall–Kier alpha value is -2.20. The lowest BCUT2D eigenvalue weighted by molar-refractivity contribution is 0.0990. The number of hydrogen-bond donors (Lipinski definition) is 1. The predicted octanol–water partition coefficient (Wildman–Crippen LogP) is 4.29. The third-order valence-electron chi connectivity index (χ3n) is 3.42. The lowest BCUT2D eigenvalue weighted by atomic mass is 10.1. The quantitative estimate of drug-likeness (QED) is 0.714. The first kappa shape index (κ1) is 13.8. The minimum absolute atomic E-state index is 0.192. The SMILES string of the molecule is Cc1c(C(=O)CCNc2ccccn2)sc2ccccc12. The number of aromatic nitrogens is 1. The third-order valence-corrected chi connectivity index (χ3v) is 4.73. The molecule has 1 N–H and O–H groups in total. The Labute approximate surface area is 127 Å². The van der Waals surface area contributed by atoms with Crippen LogP contribution < -0.4 is 5.32 Å². The van der Waals surface area contributed by atoms with Crippen LogP contribution in [-0.2, 0) is 0 Å². The van der Waals surface area contributed by atoms with Gasteiger partial charge in [-0.3, -0.25) is 4.79 Å². The van der Waals surface area contributed by atoms with Crippen LogP contribution in [0.4, 0.5) is 5.82 Å². The number of nitrogens with one attached hydrogen (secondary N) is 1. The number of anilines is 1. The van der Waals surface area contributed by atoms with Crippen LogP contribution in [-0.4, -0.2) is 17.3 Å².